The predicted molar refractivity (Wildman–Crippen MR) is 81.2 cm³/mol. The molecule has 18 heavy (non-hydrogen) atoms. The summed E-state index contributed by atoms with van der Waals surface area (Å²) in [5, 5.41) is 10.7. The smallest absolute Gasteiger partial charge is 0.166 e. The third kappa shape index (κ3) is 4.53. The molecule has 1 aliphatic rings. The highest BCUT2D eigenvalue weighted by molar-refractivity contribution is 7.80. The van der Waals surface area contributed by atoms with Gasteiger partial charge in [-0.25, -0.2) is 4.98 Å². The van der Waals surface area contributed by atoms with E-state index in [9.17, 15) is 0 Å². The lowest BCUT2D eigenvalue weighted by molar-refractivity contribution is 0.412. The first-order valence-corrected chi connectivity index (χ1v) is 7.98. The molecule has 0 aromatic carbocycles. The summed E-state index contributed by atoms with van der Waals surface area (Å²) in [5.74, 6) is 0. The molecule has 0 saturated heterocycles. The molecule has 0 atom stereocenters. The van der Waals surface area contributed by atoms with Crippen LogP contribution in [0.5, 0.6) is 0 Å². The van der Waals surface area contributed by atoms with Crippen molar-refractivity contribution in [1.29, 1.82) is 0 Å². The second-order valence-electron chi connectivity index (χ2n) is 4.84. The summed E-state index contributed by atoms with van der Waals surface area (Å²) in [7, 11) is 0. The molecular formula is C13H21N3S2. The van der Waals surface area contributed by atoms with Crippen LogP contribution in [0.15, 0.2) is 5.38 Å². The van der Waals surface area contributed by atoms with E-state index in [2.05, 4.69) is 21.0 Å². The minimum atomic E-state index is 0.584. The molecule has 1 saturated carbocycles. The molecule has 0 radical (unpaired) electrons. The fourth-order valence-electron chi connectivity index (χ4n) is 2.31. The van der Waals surface area contributed by atoms with Crippen molar-refractivity contribution in [2.24, 2.45) is 0 Å². The van der Waals surface area contributed by atoms with Crippen molar-refractivity contribution >= 4 is 28.7 Å². The maximum Gasteiger partial charge on any atom is 0.166 e. The van der Waals surface area contributed by atoms with Crippen LogP contribution in [-0.2, 0) is 6.42 Å². The standard InChI is InChI=1S/C13H21N3S2/c1-10-15-12(9-18-10)7-8-14-13(17)16-11-5-3-2-4-6-11/h9,11H,2-8H2,1H3,(H2,14,16,17). The average Bonchev–Trinajstić information content (AvgIpc) is 2.76. The Labute approximate surface area is 118 Å². The largest absolute Gasteiger partial charge is 0.362 e. The number of nitrogens with one attached hydrogen (secondary N) is 2. The molecule has 1 aliphatic carbocycles. The minimum Gasteiger partial charge on any atom is -0.362 e. The van der Waals surface area contributed by atoms with Gasteiger partial charge in [-0.3, -0.25) is 0 Å². The third-order valence-corrected chi connectivity index (χ3v) is 4.36. The first kappa shape index (κ1) is 13.7. The van der Waals surface area contributed by atoms with Gasteiger partial charge in [-0.05, 0) is 32.0 Å². The average molecular weight is 283 g/mol. The van der Waals surface area contributed by atoms with Crippen molar-refractivity contribution in [3.8, 4) is 0 Å². The molecule has 100 valence electrons. The summed E-state index contributed by atoms with van der Waals surface area (Å²) in [6, 6.07) is 0.584. The molecule has 3 nitrogen and oxygen atoms in total. The van der Waals surface area contributed by atoms with Crippen LogP contribution in [0.1, 0.15) is 42.8 Å². The van der Waals surface area contributed by atoms with Crippen LogP contribution in [-0.4, -0.2) is 22.7 Å². The number of aromatic nitrogens is 1. The third-order valence-electron chi connectivity index (χ3n) is 3.27. The van der Waals surface area contributed by atoms with Crippen LogP contribution in [0.4, 0.5) is 0 Å². The van der Waals surface area contributed by atoms with Crippen LogP contribution in [0.25, 0.3) is 0 Å². The Morgan fingerprint density at radius 2 is 2.22 bits per heavy atom. The number of nitrogens with zero attached hydrogens (tertiary/aromatic N) is 1. The van der Waals surface area contributed by atoms with Gasteiger partial charge in [-0.2, -0.15) is 0 Å². The van der Waals surface area contributed by atoms with Gasteiger partial charge in [0.25, 0.3) is 0 Å². The van der Waals surface area contributed by atoms with E-state index in [4.69, 9.17) is 12.2 Å². The molecule has 1 heterocycles. The van der Waals surface area contributed by atoms with Gasteiger partial charge in [-0.15, -0.1) is 11.3 Å². The van der Waals surface area contributed by atoms with Gasteiger partial charge in [0.05, 0.1) is 10.7 Å². The number of rotatable bonds is 4. The fourth-order valence-corrected chi connectivity index (χ4v) is 3.23. The molecule has 2 rings (SSSR count). The summed E-state index contributed by atoms with van der Waals surface area (Å²) in [6.45, 7) is 2.90. The zero-order valence-corrected chi connectivity index (χ0v) is 12.5. The first-order valence-electron chi connectivity index (χ1n) is 6.69. The summed E-state index contributed by atoms with van der Waals surface area (Å²) in [5.41, 5.74) is 1.16. The SMILES string of the molecule is Cc1nc(CCNC(=S)NC2CCCCC2)cs1. The quantitative estimate of drug-likeness (QED) is 0.833. The number of thiocarbonyl (C=S) groups is 1. The fraction of sp³-hybridized carbons (Fsp3) is 0.692. The molecule has 0 amide bonds. The predicted octanol–water partition coefficient (Wildman–Crippen LogP) is 2.79. The van der Waals surface area contributed by atoms with Crippen molar-refractivity contribution in [3.63, 3.8) is 0 Å². The van der Waals surface area contributed by atoms with E-state index < -0.39 is 0 Å². The van der Waals surface area contributed by atoms with Crippen LogP contribution >= 0.6 is 23.6 Å². The Balaban J connectivity index is 1.62. The van der Waals surface area contributed by atoms with Gasteiger partial charge in [0.15, 0.2) is 5.11 Å². The van der Waals surface area contributed by atoms with Crippen LogP contribution < -0.4 is 10.6 Å². The lowest BCUT2D eigenvalue weighted by Gasteiger charge is -2.24. The van der Waals surface area contributed by atoms with Crippen molar-refractivity contribution < 1.29 is 0 Å². The number of aryl methyl sites for hydroxylation is 1. The zero-order valence-electron chi connectivity index (χ0n) is 10.9. The Hall–Kier alpha value is -0.680. The van der Waals surface area contributed by atoms with Crippen molar-refractivity contribution in [1.82, 2.24) is 15.6 Å². The Morgan fingerprint density at radius 3 is 2.89 bits per heavy atom. The molecule has 0 unspecified atom stereocenters. The molecule has 0 aliphatic heterocycles. The van der Waals surface area contributed by atoms with E-state index >= 15 is 0 Å². The molecule has 5 heteroatoms. The summed E-state index contributed by atoms with van der Waals surface area (Å²) >= 11 is 7.02. The zero-order chi connectivity index (χ0) is 12.8. The van der Waals surface area contributed by atoms with E-state index in [1.165, 1.54) is 32.1 Å². The van der Waals surface area contributed by atoms with E-state index in [1.54, 1.807) is 11.3 Å². The van der Waals surface area contributed by atoms with Gasteiger partial charge in [0, 0.05) is 24.4 Å². The minimum absolute atomic E-state index is 0.584. The molecule has 1 aromatic heterocycles. The van der Waals surface area contributed by atoms with Crippen LogP contribution in [0, 0.1) is 6.92 Å². The Bertz CT molecular complexity index is 383. The van der Waals surface area contributed by atoms with Gasteiger partial charge >= 0.3 is 0 Å². The van der Waals surface area contributed by atoms with Crippen molar-refractivity contribution in [3.05, 3.63) is 16.1 Å². The van der Waals surface area contributed by atoms with E-state index in [1.807, 2.05) is 6.92 Å². The summed E-state index contributed by atoms with van der Waals surface area (Å²) < 4.78 is 0. The summed E-state index contributed by atoms with van der Waals surface area (Å²) in [6.07, 6.45) is 7.50. The van der Waals surface area contributed by atoms with Gasteiger partial charge in [-0.1, -0.05) is 19.3 Å². The maximum atomic E-state index is 5.32. The Kier molecular flexibility index (Phi) is 5.38. The highest BCUT2D eigenvalue weighted by Crippen LogP contribution is 2.17. The van der Waals surface area contributed by atoms with Crippen molar-refractivity contribution in [2.45, 2.75) is 51.5 Å². The molecule has 2 N–H and O–H groups in total. The lowest BCUT2D eigenvalue weighted by atomic mass is 9.96. The monoisotopic (exact) mass is 283 g/mol. The van der Waals surface area contributed by atoms with E-state index in [0.29, 0.717) is 6.04 Å². The maximum absolute atomic E-state index is 5.32. The molecular weight excluding hydrogens is 262 g/mol. The second kappa shape index (κ2) is 7.04. The molecule has 1 fully saturated rings. The van der Waals surface area contributed by atoms with E-state index in [0.717, 1.165) is 28.8 Å². The van der Waals surface area contributed by atoms with E-state index in [-0.39, 0.29) is 0 Å². The van der Waals surface area contributed by atoms with Gasteiger partial charge in [0.2, 0.25) is 0 Å². The van der Waals surface area contributed by atoms with Crippen LogP contribution in [0.3, 0.4) is 0 Å². The molecule has 0 spiro atoms. The number of hydrogen-bond donors (Lipinski definition) is 2. The summed E-state index contributed by atoms with van der Waals surface area (Å²) in [4.78, 5) is 4.44. The topological polar surface area (TPSA) is 37.0 Å². The van der Waals surface area contributed by atoms with Gasteiger partial charge < -0.3 is 10.6 Å². The number of thiazole rings is 1. The van der Waals surface area contributed by atoms with Gasteiger partial charge in [0.1, 0.15) is 0 Å². The molecule has 0 bridgehead atoms. The normalized spacial score (nSPS) is 16.5. The van der Waals surface area contributed by atoms with Crippen molar-refractivity contribution in [2.75, 3.05) is 6.54 Å². The highest BCUT2D eigenvalue weighted by atomic mass is 32.1. The first-order chi connectivity index (χ1) is 8.74. The molecule has 1 aromatic rings. The Morgan fingerprint density at radius 1 is 1.44 bits per heavy atom. The highest BCUT2D eigenvalue weighted by Gasteiger charge is 2.13. The van der Waals surface area contributed by atoms with Crippen LogP contribution in [0.2, 0.25) is 0 Å². The second-order valence-corrected chi connectivity index (χ2v) is 6.31. The number of hydrogen-bond acceptors (Lipinski definition) is 3. The lowest BCUT2D eigenvalue weighted by Crippen LogP contribution is -2.43.